The van der Waals surface area contributed by atoms with Crippen LogP contribution in [0.2, 0.25) is 0 Å². The van der Waals surface area contributed by atoms with Gasteiger partial charge < -0.3 is 0 Å². The van der Waals surface area contributed by atoms with Crippen molar-refractivity contribution in [1.82, 2.24) is 0 Å². The van der Waals surface area contributed by atoms with Crippen molar-refractivity contribution in [3.05, 3.63) is 27.5 Å². The highest BCUT2D eigenvalue weighted by Gasteiger charge is 2.10. The monoisotopic (exact) mass is 306 g/mol. The Balaban J connectivity index is 2.81. The summed E-state index contributed by atoms with van der Waals surface area (Å²) in [5, 5.41) is 3.44. The van der Waals surface area contributed by atoms with E-state index in [0.29, 0.717) is 5.88 Å². The van der Waals surface area contributed by atoms with E-state index in [1.165, 1.54) is 20.5 Å². The van der Waals surface area contributed by atoms with Gasteiger partial charge >= 0.3 is 0 Å². The van der Waals surface area contributed by atoms with Gasteiger partial charge in [-0.25, -0.2) is 0 Å². The summed E-state index contributed by atoms with van der Waals surface area (Å²) in [6.45, 7) is 0. The number of benzene rings is 1. The summed E-state index contributed by atoms with van der Waals surface area (Å²) in [6, 6.07) is 4.31. The van der Waals surface area contributed by atoms with Gasteiger partial charge in [-0.2, -0.15) is 0 Å². The van der Waals surface area contributed by atoms with Gasteiger partial charge in [-0.15, -0.1) is 34.7 Å². The summed E-state index contributed by atoms with van der Waals surface area (Å²) in [7, 11) is 0. The molecular weight excluding hydrogens is 300 g/mol. The van der Waals surface area contributed by atoms with Gasteiger partial charge in [-0.3, -0.25) is 0 Å². The van der Waals surface area contributed by atoms with Crippen LogP contribution in [-0.4, -0.2) is 6.26 Å². The summed E-state index contributed by atoms with van der Waals surface area (Å²) in [5.41, 5.74) is 1.20. The van der Waals surface area contributed by atoms with Crippen LogP contribution in [-0.2, 0) is 5.88 Å². The molecule has 2 aromatic rings. The predicted molar refractivity (Wildman–Crippen MR) is 70.9 cm³/mol. The molecule has 1 heterocycles. The molecule has 0 atom stereocenters. The van der Waals surface area contributed by atoms with Gasteiger partial charge in [-0.05, 0) is 29.3 Å². The maximum absolute atomic E-state index is 5.93. The van der Waals surface area contributed by atoms with Gasteiger partial charge in [0.2, 0.25) is 0 Å². The number of halogens is 2. The number of thiophene rings is 1. The number of fused-ring (bicyclic) bond motifs is 1. The first kappa shape index (κ1) is 10.8. The highest BCUT2D eigenvalue weighted by molar-refractivity contribution is 9.10. The van der Waals surface area contributed by atoms with Gasteiger partial charge in [0.1, 0.15) is 0 Å². The SMILES string of the molecule is CSc1cc(Br)c(CCl)c2sccc12. The van der Waals surface area contributed by atoms with Crippen molar-refractivity contribution >= 4 is 60.7 Å². The van der Waals surface area contributed by atoms with Crippen LogP contribution < -0.4 is 0 Å². The molecule has 0 aliphatic heterocycles. The van der Waals surface area contributed by atoms with Crippen molar-refractivity contribution in [1.29, 1.82) is 0 Å². The van der Waals surface area contributed by atoms with Gasteiger partial charge in [0.15, 0.2) is 0 Å². The minimum atomic E-state index is 0.562. The fourth-order valence-corrected chi connectivity index (χ4v) is 4.45. The smallest absolute Gasteiger partial charge is 0.0499 e. The molecule has 0 unspecified atom stereocenters. The topological polar surface area (TPSA) is 0 Å². The maximum atomic E-state index is 5.93. The normalized spacial score (nSPS) is 11.1. The minimum absolute atomic E-state index is 0.562. The van der Waals surface area contributed by atoms with Crippen LogP contribution in [0.1, 0.15) is 5.56 Å². The van der Waals surface area contributed by atoms with E-state index >= 15 is 0 Å². The van der Waals surface area contributed by atoms with E-state index in [-0.39, 0.29) is 0 Å². The first-order valence-corrected chi connectivity index (χ1v) is 7.49. The number of alkyl halides is 1. The maximum Gasteiger partial charge on any atom is 0.0499 e. The van der Waals surface area contributed by atoms with Crippen LogP contribution in [0.15, 0.2) is 26.9 Å². The molecule has 0 saturated carbocycles. The van der Waals surface area contributed by atoms with Crippen LogP contribution in [0.4, 0.5) is 0 Å². The second-order valence-corrected chi connectivity index (χ2v) is 5.72. The fourth-order valence-electron chi connectivity index (χ4n) is 1.42. The Hall–Kier alpha value is 0.300. The Morgan fingerprint density at radius 1 is 1.57 bits per heavy atom. The van der Waals surface area contributed by atoms with E-state index in [1.54, 1.807) is 23.1 Å². The third-order valence-corrected chi connectivity index (χ3v) is 4.83. The van der Waals surface area contributed by atoms with E-state index in [9.17, 15) is 0 Å². The van der Waals surface area contributed by atoms with Crippen LogP contribution in [0.25, 0.3) is 10.1 Å². The average molecular weight is 308 g/mol. The van der Waals surface area contributed by atoms with Crippen molar-refractivity contribution in [3.8, 4) is 0 Å². The summed E-state index contributed by atoms with van der Waals surface area (Å²) in [6.07, 6.45) is 2.10. The zero-order chi connectivity index (χ0) is 10.1. The second-order valence-electron chi connectivity index (χ2n) is 2.84. The van der Waals surface area contributed by atoms with Crippen LogP contribution in [0.3, 0.4) is 0 Å². The lowest BCUT2D eigenvalue weighted by Crippen LogP contribution is -1.83. The molecule has 0 N–H and O–H groups in total. The van der Waals surface area contributed by atoms with E-state index < -0.39 is 0 Å². The molecular formula is C10H8BrClS2. The fraction of sp³-hybridized carbons (Fsp3) is 0.200. The molecule has 0 fully saturated rings. The molecule has 0 amide bonds. The largest absolute Gasteiger partial charge is 0.143 e. The quantitative estimate of drug-likeness (QED) is 0.548. The second kappa shape index (κ2) is 4.44. The highest BCUT2D eigenvalue weighted by Crippen LogP contribution is 2.37. The molecule has 1 aromatic carbocycles. The molecule has 0 saturated heterocycles. The number of hydrogen-bond acceptors (Lipinski definition) is 2. The van der Waals surface area contributed by atoms with Gasteiger partial charge in [0, 0.05) is 25.3 Å². The molecule has 74 valence electrons. The standard InChI is InChI=1S/C10H8BrClS2/c1-13-9-4-8(11)7(5-12)10-6(9)2-3-14-10/h2-4H,5H2,1H3. The van der Waals surface area contributed by atoms with Crippen LogP contribution in [0, 0.1) is 0 Å². The van der Waals surface area contributed by atoms with E-state index in [1.807, 2.05) is 0 Å². The number of thioether (sulfide) groups is 1. The molecule has 0 spiro atoms. The Labute approximate surface area is 105 Å². The molecule has 0 aliphatic rings. The van der Waals surface area contributed by atoms with E-state index in [4.69, 9.17) is 11.6 Å². The molecule has 2 rings (SSSR count). The van der Waals surface area contributed by atoms with Crippen molar-refractivity contribution in [2.75, 3.05) is 6.26 Å². The molecule has 0 bridgehead atoms. The highest BCUT2D eigenvalue weighted by atomic mass is 79.9. The summed E-state index contributed by atoms with van der Waals surface area (Å²) >= 11 is 13.0. The van der Waals surface area contributed by atoms with Crippen molar-refractivity contribution in [3.63, 3.8) is 0 Å². The third-order valence-electron chi connectivity index (χ3n) is 2.10. The van der Waals surface area contributed by atoms with E-state index in [0.717, 1.165) is 4.47 Å². The average Bonchev–Trinajstić information content (AvgIpc) is 2.65. The lowest BCUT2D eigenvalue weighted by atomic mass is 10.2. The van der Waals surface area contributed by atoms with Gasteiger partial charge in [0.25, 0.3) is 0 Å². The van der Waals surface area contributed by atoms with E-state index in [2.05, 4.69) is 39.7 Å². The van der Waals surface area contributed by atoms with Crippen molar-refractivity contribution in [2.24, 2.45) is 0 Å². The minimum Gasteiger partial charge on any atom is -0.143 e. The third kappa shape index (κ3) is 1.71. The summed E-state index contributed by atoms with van der Waals surface area (Å²) in [5.74, 6) is 0.562. The Bertz CT molecular complexity index is 464. The van der Waals surface area contributed by atoms with Crippen molar-refractivity contribution < 1.29 is 0 Å². The zero-order valence-corrected chi connectivity index (χ0v) is 11.5. The zero-order valence-electron chi connectivity index (χ0n) is 7.51. The van der Waals surface area contributed by atoms with Crippen LogP contribution in [0.5, 0.6) is 0 Å². The molecule has 0 nitrogen and oxygen atoms in total. The summed E-state index contributed by atoms with van der Waals surface area (Å²) < 4.78 is 2.42. The molecule has 0 radical (unpaired) electrons. The lowest BCUT2D eigenvalue weighted by Gasteiger charge is -2.06. The molecule has 4 heteroatoms. The van der Waals surface area contributed by atoms with Gasteiger partial charge in [0.05, 0.1) is 0 Å². The summed E-state index contributed by atoms with van der Waals surface area (Å²) in [4.78, 5) is 1.31. The Kier molecular flexibility index (Phi) is 3.42. The first-order chi connectivity index (χ1) is 6.77. The Morgan fingerprint density at radius 2 is 2.36 bits per heavy atom. The van der Waals surface area contributed by atoms with Crippen LogP contribution >= 0.6 is 50.6 Å². The number of hydrogen-bond donors (Lipinski definition) is 0. The first-order valence-electron chi connectivity index (χ1n) is 4.06. The predicted octanol–water partition coefficient (Wildman–Crippen LogP) is 5.12. The van der Waals surface area contributed by atoms with Crippen molar-refractivity contribution in [2.45, 2.75) is 10.8 Å². The molecule has 0 aliphatic carbocycles. The van der Waals surface area contributed by atoms with Gasteiger partial charge in [-0.1, -0.05) is 15.9 Å². The molecule has 1 aromatic heterocycles. The number of rotatable bonds is 2. The molecule has 14 heavy (non-hydrogen) atoms. The lowest BCUT2D eigenvalue weighted by molar-refractivity contribution is 1.39. The Morgan fingerprint density at radius 3 is 3.00 bits per heavy atom.